The lowest BCUT2D eigenvalue weighted by molar-refractivity contribution is -0.145. The van der Waals surface area contributed by atoms with E-state index in [-0.39, 0.29) is 36.6 Å². The number of carbonyl (C=O) groups is 1. The molecule has 1 unspecified atom stereocenters. The van der Waals surface area contributed by atoms with Crippen LogP contribution in [0.2, 0.25) is 0 Å². The van der Waals surface area contributed by atoms with E-state index in [4.69, 9.17) is 4.74 Å². The number of benzene rings is 1. The highest BCUT2D eigenvalue weighted by atomic mass is 35.5. The third kappa shape index (κ3) is 3.57. The average Bonchev–Trinajstić information content (AvgIpc) is 2.45. The van der Waals surface area contributed by atoms with Crippen LogP contribution in [0.25, 0.3) is 0 Å². The quantitative estimate of drug-likeness (QED) is 0.859. The van der Waals surface area contributed by atoms with E-state index in [2.05, 4.69) is 17.4 Å². The summed E-state index contributed by atoms with van der Waals surface area (Å²) in [5.41, 5.74) is 2.60. The molecule has 116 valence electrons. The lowest BCUT2D eigenvalue weighted by Gasteiger charge is -2.38. The molecule has 0 spiro atoms. The van der Waals surface area contributed by atoms with Crippen molar-refractivity contribution in [2.24, 2.45) is 0 Å². The fourth-order valence-electron chi connectivity index (χ4n) is 3.21. The van der Waals surface area contributed by atoms with Crippen LogP contribution in [0.1, 0.15) is 25.0 Å². The molecular weight excluding hydrogens is 288 g/mol. The number of rotatable bonds is 1. The van der Waals surface area contributed by atoms with E-state index in [1.165, 1.54) is 11.1 Å². The van der Waals surface area contributed by atoms with Crippen molar-refractivity contribution in [2.75, 3.05) is 13.1 Å². The number of fused-ring (bicyclic) bond motifs is 1. The van der Waals surface area contributed by atoms with Crippen molar-refractivity contribution in [3.8, 4) is 0 Å². The predicted octanol–water partition coefficient (Wildman–Crippen LogP) is 1.76. The minimum absolute atomic E-state index is 0. The van der Waals surface area contributed by atoms with E-state index in [0.29, 0.717) is 13.1 Å². The molecule has 1 N–H and O–H groups in total. The molecule has 0 aliphatic carbocycles. The molecule has 2 aliphatic heterocycles. The number of amides is 1. The Kier molecular flexibility index (Phi) is 5.25. The Bertz CT molecular complexity index is 499. The summed E-state index contributed by atoms with van der Waals surface area (Å²) in [6, 6.07) is 8.25. The van der Waals surface area contributed by atoms with Gasteiger partial charge in [-0.25, -0.2) is 0 Å². The third-order valence-corrected chi connectivity index (χ3v) is 4.11. The Hall–Kier alpha value is -1.10. The fourth-order valence-corrected chi connectivity index (χ4v) is 3.21. The topological polar surface area (TPSA) is 41.6 Å². The highest BCUT2D eigenvalue weighted by Gasteiger charge is 2.32. The van der Waals surface area contributed by atoms with E-state index < -0.39 is 0 Å². The summed E-state index contributed by atoms with van der Waals surface area (Å²) in [7, 11) is 0. The monoisotopic (exact) mass is 310 g/mol. The van der Waals surface area contributed by atoms with Gasteiger partial charge in [-0.15, -0.1) is 12.4 Å². The van der Waals surface area contributed by atoms with Gasteiger partial charge in [0.1, 0.15) is 0 Å². The van der Waals surface area contributed by atoms with Crippen molar-refractivity contribution in [1.82, 2.24) is 10.2 Å². The number of hydrogen-bond acceptors (Lipinski definition) is 3. The molecule has 0 bridgehead atoms. The second kappa shape index (κ2) is 6.77. The maximum absolute atomic E-state index is 12.7. The predicted molar refractivity (Wildman–Crippen MR) is 84.6 cm³/mol. The molecule has 1 aromatic carbocycles. The molecule has 1 fully saturated rings. The van der Waals surface area contributed by atoms with Gasteiger partial charge >= 0.3 is 0 Å². The average molecular weight is 311 g/mol. The van der Waals surface area contributed by atoms with Crippen LogP contribution in [0.3, 0.4) is 0 Å². The first-order valence-corrected chi connectivity index (χ1v) is 7.38. The number of nitrogens with zero attached hydrogens (tertiary/aromatic N) is 1. The fraction of sp³-hybridized carbons (Fsp3) is 0.562. The van der Waals surface area contributed by atoms with Crippen LogP contribution in [-0.4, -0.2) is 42.1 Å². The SMILES string of the molecule is C[C@@H]1CN(C(=O)C2Cc3ccccc3CN2)C[C@H](C)O1.Cl. The van der Waals surface area contributed by atoms with Crippen molar-refractivity contribution in [3.63, 3.8) is 0 Å². The maximum Gasteiger partial charge on any atom is 0.240 e. The van der Waals surface area contributed by atoms with Gasteiger partial charge in [-0.05, 0) is 31.4 Å². The van der Waals surface area contributed by atoms with E-state index in [0.717, 1.165) is 13.0 Å². The zero-order valence-corrected chi connectivity index (χ0v) is 13.4. The summed E-state index contributed by atoms with van der Waals surface area (Å²) >= 11 is 0. The highest BCUT2D eigenvalue weighted by Crippen LogP contribution is 2.19. The van der Waals surface area contributed by atoms with E-state index in [1.807, 2.05) is 30.9 Å². The Morgan fingerprint density at radius 1 is 1.19 bits per heavy atom. The van der Waals surface area contributed by atoms with Gasteiger partial charge in [0, 0.05) is 19.6 Å². The van der Waals surface area contributed by atoms with E-state index >= 15 is 0 Å². The first kappa shape index (κ1) is 16.3. The van der Waals surface area contributed by atoms with Crippen LogP contribution in [0, 0.1) is 0 Å². The number of nitrogens with one attached hydrogen (secondary N) is 1. The van der Waals surface area contributed by atoms with E-state index in [9.17, 15) is 4.79 Å². The standard InChI is InChI=1S/C16H22N2O2.ClH/c1-11-9-18(10-12(2)20-11)16(19)15-7-13-5-3-4-6-14(13)8-17-15;/h3-6,11-12,15,17H,7-10H2,1-2H3;1H/t11-,12+,15?;. The largest absolute Gasteiger partial charge is 0.372 e. The number of halogens is 1. The zero-order chi connectivity index (χ0) is 14.1. The Labute approximate surface area is 132 Å². The highest BCUT2D eigenvalue weighted by molar-refractivity contribution is 5.85. The van der Waals surface area contributed by atoms with Crippen LogP contribution in [-0.2, 0) is 22.5 Å². The number of carbonyl (C=O) groups excluding carboxylic acids is 1. The van der Waals surface area contributed by atoms with Crippen LogP contribution in [0.4, 0.5) is 0 Å². The number of ether oxygens (including phenoxy) is 1. The molecule has 3 atom stereocenters. The molecule has 2 heterocycles. The van der Waals surface area contributed by atoms with Crippen molar-refractivity contribution in [2.45, 2.75) is 45.1 Å². The molecule has 4 nitrogen and oxygen atoms in total. The van der Waals surface area contributed by atoms with Gasteiger partial charge in [0.05, 0.1) is 18.2 Å². The van der Waals surface area contributed by atoms with Crippen LogP contribution in [0.5, 0.6) is 0 Å². The zero-order valence-electron chi connectivity index (χ0n) is 12.5. The second-order valence-corrected chi connectivity index (χ2v) is 5.91. The number of hydrogen-bond donors (Lipinski definition) is 1. The molecule has 2 aliphatic rings. The van der Waals surface area contributed by atoms with Gasteiger partial charge in [0.15, 0.2) is 0 Å². The molecule has 1 aromatic rings. The normalized spacial score (nSPS) is 28.5. The molecule has 0 saturated carbocycles. The lowest BCUT2D eigenvalue weighted by atomic mass is 9.95. The Morgan fingerprint density at radius 3 is 2.48 bits per heavy atom. The van der Waals surface area contributed by atoms with Gasteiger partial charge in [0.2, 0.25) is 5.91 Å². The van der Waals surface area contributed by atoms with Crippen LogP contribution >= 0.6 is 12.4 Å². The summed E-state index contributed by atoms with van der Waals surface area (Å²) in [6.07, 6.45) is 1.03. The molecule has 0 radical (unpaired) electrons. The van der Waals surface area contributed by atoms with Gasteiger partial charge < -0.3 is 15.0 Å². The van der Waals surface area contributed by atoms with Crippen LogP contribution in [0.15, 0.2) is 24.3 Å². The third-order valence-electron chi connectivity index (χ3n) is 4.11. The summed E-state index contributed by atoms with van der Waals surface area (Å²) in [4.78, 5) is 14.6. The van der Waals surface area contributed by atoms with Crippen molar-refractivity contribution in [1.29, 1.82) is 0 Å². The molecule has 5 heteroatoms. The second-order valence-electron chi connectivity index (χ2n) is 5.91. The summed E-state index contributed by atoms with van der Waals surface area (Å²) < 4.78 is 5.70. The van der Waals surface area contributed by atoms with Gasteiger partial charge in [-0.1, -0.05) is 24.3 Å². The Balaban J connectivity index is 0.00000161. The van der Waals surface area contributed by atoms with Gasteiger partial charge in [-0.3, -0.25) is 4.79 Å². The molecule has 21 heavy (non-hydrogen) atoms. The molecule has 1 saturated heterocycles. The van der Waals surface area contributed by atoms with Gasteiger partial charge in [-0.2, -0.15) is 0 Å². The minimum atomic E-state index is -0.0950. The molecular formula is C16H23ClN2O2. The number of morpholine rings is 1. The Morgan fingerprint density at radius 2 is 1.81 bits per heavy atom. The summed E-state index contributed by atoms with van der Waals surface area (Å²) in [5.74, 6) is 0.210. The van der Waals surface area contributed by atoms with E-state index in [1.54, 1.807) is 0 Å². The minimum Gasteiger partial charge on any atom is -0.372 e. The lowest BCUT2D eigenvalue weighted by Crippen LogP contribution is -2.55. The maximum atomic E-state index is 12.7. The van der Waals surface area contributed by atoms with Crippen LogP contribution < -0.4 is 5.32 Å². The van der Waals surface area contributed by atoms with Crippen molar-refractivity contribution in [3.05, 3.63) is 35.4 Å². The molecule has 0 aromatic heterocycles. The first-order valence-electron chi connectivity index (χ1n) is 7.38. The smallest absolute Gasteiger partial charge is 0.240 e. The molecule has 1 amide bonds. The van der Waals surface area contributed by atoms with Crippen molar-refractivity contribution < 1.29 is 9.53 Å². The summed E-state index contributed by atoms with van der Waals surface area (Å²) in [5, 5.41) is 3.37. The van der Waals surface area contributed by atoms with Crippen molar-refractivity contribution >= 4 is 18.3 Å². The summed E-state index contributed by atoms with van der Waals surface area (Å²) in [6.45, 7) is 6.23. The van der Waals surface area contributed by atoms with Gasteiger partial charge in [0.25, 0.3) is 0 Å². The first-order chi connectivity index (χ1) is 9.63. The molecule has 3 rings (SSSR count).